The van der Waals surface area contributed by atoms with Crippen LogP contribution in [0.3, 0.4) is 0 Å². The number of carbonyl (C=O) groups excluding carboxylic acids is 2. The molecule has 0 fully saturated rings. The number of hydrogen-bond acceptors (Lipinski definition) is 5. The predicted octanol–water partition coefficient (Wildman–Crippen LogP) is 1.87. The molecular weight excluding hydrogens is 322 g/mol. The molecule has 0 aliphatic carbocycles. The van der Waals surface area contributed by atoms with Gasteiger partial charge in [0.25, 0.3) is 5.91 Å². The van der Waals surface area contributed by atoms with Crippen molar-refractivity contribution in [3.05, 3.63) is 54.2 Å². The number of benzene rings is 1. The molecular formula is C18H21N3O4. The van der Waals surface area contributed by atoms with E-state index in [0.717, 1.165) is 0 Å². The van der Waals surface area contributed by atoms with Gasteiger partial charge in [-0.1, -0.05) is 18.2 Å². The average Bonchev–Trinajstić information content (AvgIpc) is 2.63. The minimum atomic E-state index is -0.293. The van der Waals surface area contributed by atoms with Crippen LogP contribution in [0.1, 0.15) is 16.8 Å². The maximum absolute atomic E-state index is 12.3. The van der Waals surface area contributed by atoms with E-state index in [0.29, 0.717) is 30.3 Å². The number of carbonyl (C=O) groups is 2. The Morgan fingerprint density at radius 3 is 2.64 bits per heavy atom. The van der Waals surface area contributed by atoms with Crippen molar-refractivity contribution in [2.24, 2.45) is 0 Å². The van der Waals surface area contributed by atoms with Gasteiger partial charge in [-0.25, -0.2) is 4.98 Å². The first-order valence-electron chi connectivity index (χ1n) is 7.90. The molecule has 0 radical (unpaired) electrons. The van der Waals surface area contributed by atoms with Crippen molar-refractivity contribution in [1.82, 2.24) is 10.3 Å². The molecule has 1 heterocycles. The first-order chi connectivity index (χ1) is 12.2. The second kappa shape index (κ2) is 10.0. The second-order valence-electron chi connectivity index (χ2n) is 5.11. The minimum absolute atomic E-state index is 0.148. The van der Waals surface area contributed by atoms with E-state index in [1.54, 1.807) is 55.8 Å². The highest BCUT2D eigenvalue weighted by atomic mass is 16.5. The molecule has 2 aromatic rings. The lowest BCUT2D eigenvalue weighted by molar-refractivity contribution is -0.116. The van der Waals surface area contributed by atoms with Gasteiger partial charge in [0.15, 0.2) is 0 Å². The summed E-state index contributed by atoms with van der Waals surface area (Å²) in [4.78, 5) is 28.1. The van der Waals surface area contributed by atoms with Crippen molar-refractivity contribution in [3.63, 3.8) is 0 Å². The van der Waals surface area contributed by atoms with Crippen LogP contribution in [0.2, 0.25) is 0 Å². The van der Waals surface area contributed by atoms with Crippen LogP contribution in [0, 0.1) is 0 Å². The van der Waals surface area contributed by atoms with Crippen molar-refractivity contribution < 1.29 is 19.1 Å². The standard InChI is InChI=1S/C18H21N3O4/c1-24-12-13-25-15-7-3-2-6-14(15)18(23)20-11-9-17(22)21-16-8-4-5-10-19-16/h2-8,10H,9,11-13H2,1H3,(H,20,23)(H,19,21,22). The average molecular weight is 343 g/mol. The zero-order chi connectivity index (χ0) is 17.9. The Morgan fingerprint density at radius 2 is 1.88 bits per heavy atom. The monoisotopic (exact) mass is 343 g/mol. The Kier molecular flexibility index (Phi) is 7.40. The van der Waals surface area contributed by atoms with Crippen LogP contribution in [-0.4, -0.2) is 43.7 Å². The predicted molar refractivity (Wildman–Crippen MR) is 93.6 cm³/mol. The van der Waals surface area contributed by atoms with Crippen LogP contribution in [0.4, 0.5) is 5.82 Å². The van der Waals surface area contributed by atoms with Crippen molar-refractivity contribution in [2.45, 2.75) is 6.42 Å². The van der Waals surface area contributed by atoms with Crippen molar-refractivity contribution >= 4 is 17.6 Å². The Morgan fingerprint density at radius 1 is 1.08 bits per heavy atom. The first kappa shape index (κ1) is 18.4. The van der Waals surface area contributed by atoms with E-state index in [1.165, 1.54) is 0 Å². The summed E-state index contributed by atoms with van der Waals surface area (Å²) in [5.41, 5.74) is 0.420. The van der Waals surface area contributed by atoms with E-state index in [1.807, 2.05) is 0 Å². The summed E-state index contributed by atoms with van der Waals surface area (Å²) < 4.78 is 10.5. The highest BCUT2D eigenvalue weighted by Crippen LogP contribution is 2.17. The van der Waals surface area contributed by atoms with Gasteiger partial charge in [0.2, 0.25) is 5.91 Å². The number of pyridine rings is 1. The molecule has 0 aliphatic rings. The second-order valence-corrected chi connectivity index (χ2v) is 5.11. The van der Waals surface area contributed by atoms with Gasteiger partial charge in [-0.15, -0.1) is 0 Å². The van der Waals surface area contributed by atoms with E-state index < -0.39 is 0 Å². The van der Waals surface area contributed by atoms with Crippen LogP contribution >= 0.6 is 0 Å². The fourth-order valence-corrected chi connectivity index (χ4v) is 2.04. The Labute approximate surface area is 146 Å². The smallest absolute Gasteiger partial charge is 0.255 e. The summed E-state index contributed by atoms with van der Waals surface area (Å²) in [5, 5.41) is 5.38. The number of methoxy groups -OCH3 is 1. The maximum Gasteiger partial charge on any atom is 0.255 e. The molecule has 7 nitrogen and oxygen atoms in total. The summed E-state index contributed by atoms with van der Waals surface area (Å²) in [6.45, 7) is 1.00. The summed E-state index contributed by atoms with van der Waals surface area (Å²) >= 11 is 0. The van der Waals surface area contributed by atoms with Gasteiger partial charge in [0.1, 0.15) is 18.2 Å². The normalized spacial score (nSPS) is 10.1. The van der Waals surface area contributed by atoms with Gasteiger partial charge in [-0.2, -0.15) is 0 Å². The number of aromatic nitrogens is 1. The van der Waals surface area contributed by atoms with Gasteiger partial charge in [0, 0.05) is 26.3 Å². The van der Waals surface area contributed by atoms with E-state index in [2.05, 4.69) is 15.6 Å². The fraction of sp³-hybridized carbons (Fsp3) is 0.278. The van der Waals surface area contributed by atoms with Gasteiger partial charge in [-0.05, 0) is 24.3 Å². The largest absolute Gasteiger partial charge is 0.490 e. The van der Waals surface area contributed by atoms with Gasteiger partial charge in [0.05, 0.1) is 12.2 Å². The van der Waals surface area contributed by atoms with E-state index in [9.17, 15) is 9.59 Å². The topological polar surface area (TPSA) is 89.5 Å². The van der Waals surface area contributed by atoms with Gasteiger partial charge < -0.3 is 20.1 Å². The molecule has 132 valence electrons. The molecule has 7 heteroatoms. The van der Waals surface area contributed by atoms with Crippen molar-refractivity contribution in [1.29, 1.82) is 0 Å². The molecule has 0 saturated carbocycles. The highest BCUT2D eigenvalue weighted by molar-refractivity contribution is 5.97. The van der Waals surface area contributed by atoms with Crippen LogP contribution < -0.4 is 15.4 Å². The van der Waals surface area contributed by atoms with E-state index in [4.69, 9.17) is 9.47 Å². The Hall–Kier alpha value is -2.93. The molecule has 1 aromatic carbocycles. The summed E-state index contributed by atoms with van der Waals surface area (Å²) in [6, 6.07) is 12.2. The number of nitrogens with one attached hydrogen (secondary N) is 2. The first-order valence-corrected chi connectivity index (χ1v) is 7.90. The summed E-state index contributed by atoms with van der Waals surface area (Å²) in [5.74, 6) is 0.452. The quantitative estimate of drug-likeness (QED) is 0.679. The number of ether oxygens (including phenoxy) is 2. The number of para-hydroxylation sites is 1. The van der Waals surface area contributed by atoms with E-state index >= 15 is 0 Å². The third-order valence-electron chi connectivity index (χ3n) is 3.25. The van der Waals surface area contributed by atoms with Crippen molar-refractivity contribution in [2.75, 3.05) is 32.2 Å². The van der Waals surface area contributed by atoms with Crippen LogP contribution in [0.25, 0.3) is 0 Å². The van der Waals surface area contributed by atoms with Crippen molar-refractivity contribution in [3.8, 4) is 5.75 Å². The zero-order valence-corrected chi connectivity index (χ0v) is 14.0. The molecule has 0 spiro atoms. The lowest BCUT2D eigenvalue weighted by atomic mass is 10.2. The third-order valence-corrected chi connectivity index (χ3v) is 3.25. The molecule has 0 atom stereocenters. The van der Waals surface area contributed by atoms with Gasteiger partial charge >= 0.3 is 0 Å². The molecule has 2 N–H and O–H groups in total. The highest BCUT2D eigenvalue weighted by Gasteiger charge is 2.12. The molecule has 0 aliphatic heterocycles. The number of anilines is 1. The zero-order valence-electron chi connectivity index (χ0n) is 14.0. The minimum Gasteiger partial charge on any atom is -0.490 e. The Bertz CT molecular complexity index is 692. The molecule has 2 amide bonds. The number of hydrogen-bond donors (Lipinski definition) is 2. The summed E-state index contributed by atoms with van der Waals surface area (Å²) in [7, 11) is 1.58. The molecule has 25 heavy (non-hydrogen) atoms. The third kappa shape index (κ3) is 6.23. The fourth-order valence-electron chi connectivity index (χ4n) is 2.04. The number of amides is 2. The Balaban J connectivity index is 1.81. The molecule has 2 rings (SSSR count). The van der Waals surface area contributed by atoms with Crippen LogP contribution in [0.5, 0.6) is 5.75 Å². The molecule has 1 aromatic heterocycles. The molecule has 0 saturated heterocycles. The maximum atomic E-state index is 12.3. The number of rotatable bonds is 9. The number of nitrogens with zero attached hydrogens (tertiary/aromatic N) is 1. The summed E-state index contributed by atoms with van der Waals surface area (Å²) in [6.07, 6.45) is 1.74. The SMILES string of the molecule is COCCOc1ccccc1C(=O)NCCC(=O)Nc1ccccn1. The molecule has 0 unspecified atom stereocenters. The molecule has 0 bridgehead atoms. The van der Waals surface area contributed by atoms with Crippen LogP contribution in [-0.2, 0) is 9.53 Å². The lowest BCUT2D eigenvalue weighted by Crippen LogP contribution is -2.28. The lowest BCUT2D eigenvalue weighted by Gasteiger charge is -2.11. The van der Waals surface area contributed by atoms with Crippen LogP contribution in [0.15, 0.2) is 48.7 Å². The van der Waals surface area contributed by atoms with E-state index in [-0.39, 0.29) is 24.8 Å². The van der Waals surface area contributed by atoms with Gasteiger partial charge in [-0.3, -0.25) is 9.59 Å².